The van der Waals surface area contributed by atoms with Crippen LogP contribution in [0.1, 0.15) is 12.5 Å². The number of hydrogen-bond acceptors (Lipinski definition) is 2. The summed E-state index contributed by atoms with van der Waals surface area (Å²) in [6.45, 7) is 2.83. The molecule has 0 bridgehead atoms. The maximum Gasteiger partial charge on any atom is 0.131 e. The van der Waals surface area contributed by atoms with E-state index in [9.17, 15) is 0 Å². The van der Waals surface area contributed by atoms with Gasteiger partial charge in [-0.05, 0) is 19.1 Å². The molecule has 3 aromatic rings. The summed E-state index contributed by atoms with van der Waals surface area (Å²) in [7, 11) is 0. The molecule has 2 aromatic heterocycles. The van der Waals surface area contributed by atoms with Gasteiger partial charge in [-0.15, -0.1) is 6.42 Å². The molecular formula is C16H12ClN3. The molecule has 0 aliphatic rings. The van der Waals surface area contributed by atoms with Crippen LogP contribution in [0.25, 0.3) is 22.2 Å². The highest BCUT2D eigenvalue weighted by Crippen LogP contribution is 2.29. The van der Waals surface area contributed by atoms with Gasteiger partial charge in [-0.25, -0.2) is 4.98 Å². The summed E-state index contributed by atoms with van der Waals surface area (Å²) in [5.41, 5.74) is 3.56. The minimum absolute atomic E-state index is 0.453. The Bertz CT molecular complexity index is 827. The third-order valence-electron chi connectivity index (χ3n) is 3.21. The Morgan fingerprint density at radius 1 is 1.35 bits per heavy atom. The molecule has 2 heterocycles. The summed E-state index contributed by atoms with van der Waals surface area (Å²) in [4.78, 5) is 4.44. The van der Waals surface area contributed by atoms with Crippen molar-refractivity contribution in [2.45, 2.75) is 13.5 Å². The van der Waals surface area contributed by atoms with Crippen molar-refractivity contribution in [2.24, 2.45) is 0 Å². The molecule has 0 atom stereocenters. The van der Waals surface area contributed by atoms with Gasteiger partial charge in [0.25, 0.3) is 0 Å². The van der Waals surface area contributed by atoms with Crippen molar-refractivity contribution in [1.29, 1.82) is 0 Å². The molecule has 0 saturated heterocycles. The Morgan fingerprint density at radius 2 is 2.20 bits per heavy atom. The molecule has 0 radical (unpaired) electrons. The first-order chi connectivity index (χ1) is 9.72. The summed E-state index contributed by atoms with van der Waals surface area (Å²) in [5.74, 6) is 2.63. The highest BCUT2D eigenvalue weighted by atomic mass is 35.5. The fourth-order valence-electron chi connectivity index (χ4n) is 2.27. The van der Waals surface area contributed by atoms with Crippen LogP contribution in [0.3, 0.4) is 0 Å². The van der Waals surface area contributed by atoms with Crippen LogP contribution in [0.15, 0.2) is 36.5 Å². The average molecular weight is 282 g/mol. The maximum absolute atomic E-state index is 6.14. The van der Waals surface area contributed by atoms with Gasteiger partial charge < -0.3 is 0 Å². The number of fused-ring (bicyclic) bond motifs is 1. The first-order valence-corrected chi connectivity index (χ1v) is 6.70. The molecule has 20 heavy (non-hydrogen) atoms. The van der Waals surface area contributed by atoms with Gasteiger partial charge in [0.2, 0.25) is 0 Å². The lowest BCUT2D eigenvalue weighted by molar-refractivity contribution is 0.684. The van der Waals surface area contributed by atoms with Crippen LogP contribution in [-0.2, 0) is 6.54 Å². The molecular weight excluding hydrogens is 270 g/mol. The van der Waals surface area contributed by atoms with E-state index in [-0.39, 0.29) is 0 Å². The van der Waals surface area contributed by atoms with Gasteiger partial charge in [0.15, 0.2) is 0 Å². The third-order valence-corrected chi connectivity index (χ3v) is 3.41. The van der Waals surface area contributed by atoms with E-state index in [0.717, 1.165) is 34.3 Å². The lowest BCUT2D eigenvalue weighted by Gasteiger charge is -2.05. The van der Waals surface area contributed by atoms with Crippen molar-refractivity contribution in [3.63, 3.8) is 0 Å². The molecule has 4 heteroatoms. The number of halogens is 1. The van der Waals surface area contributed by atoms with E-state index in [4.69, 9.17) is 18.0 Å². The van der Waals surface area contributed by atoms with Crippen molar-refractivity contribution in [2.75, 3.05) is 0 Å². The monoisotopic (exact) mass is 281 g/mol. The largest absolute Gasteiger partial charge is 0.265 e. The highest BCUT2D eigenvalue weighted by Gasteiger charge is 2.11. The molecule has 0 saturated carbocycles. The Balaban J connectivity index is 2.30. The van der Waals surface area contributed by atoms with Crippen molar-refractivity contribution in [3.8, 4) is 23.6 Å². The topological polar surface area (TPSA) is 30.7 Å². The fraction of sp³-hybridized carbons (Fsp3) is 0.125. The Kier molecular flexibility index (Phi) is 3.17. The molecule has 98 valence electrons. The van der Waals surface area contributed by atoms with Gasteiger partial charge in [0.1, 0.15) is 5.15 Å². The summed E-state index contributed by atoms with van der Waals surface area (Å²) in [5, 5.41) is 5.79. The molecule has 0 N–H and O–H groups in total. The van der Waals surface area contributed by atoms with Crippen molar-refractivity contribution in [1.82, 2.24) is 14.8 Å². The summed E-state index contributed by atoms with van der Waals surface area (Å²) >= 11 is 6.14. The SMILES string of the molecule is C#Cc1cccc(-c2nc(Cl)cc3c2cnn3CC)c1. The molecule has 0 aliphatic heterocycles. The van der Waals surface area contributed by atoms with Crippen LogP contribution in [0.2, 0.25) is 5.15 Å². The molecule has 0 fully saturated rings. The Labute approximate surface area is 122 Å². The first-order valence-electron chi connectivity index (χ1n) is 6.32. The molecule has 0 aliphatic carbocycles. The van der Waals surface area contributed by atoms with Gasteiger partial charge in [0.05, 0.1) is 17.4 Å². The molecule has 1 aromatic carbocycles. The first kappa shape index (κ1) is 12.7. The lowest BCUT2D eigenvalue weighted by atomic mass is 10.1. The quantitative estimate of drug-likeness (QED) is 0.529. The van der Waals surface area contributed by atoms with Gasteiger partial charge in [-0.2, -0.15) is 5.10 Å². The van der Waals surface area contributed by atoms with Crippen LogP contribution in [0.4, 0.5) is 0 Å². The number of nitrogens with zero attached hydrogens (tertiary/aromatic N) is 3. The normalized spacial score (nSPS) is 10.7. The van der Waals surface area contributed by atoms with Gasteiger partial charge in [-0.1, -0.05) is 29.7 Å². The minimum atomic E-state index is 0.453. The van der Waals surface area contributed by atoms with E-state index in [1.165, 1.54) is 0 Å². The molecule has 3 nitrogen and oxygen atoms in total. The standard InChI is InChI=1S/C16H12ClN3/c1-3-11-6-5-7-12(8-11)16-13-10-18-20(4-2)14(13)9-15(17)19-16/h1,5-10H,4H2,2H3. The average Bonchev–Trinajstić information content (AvgIpc) is 2.89. The van der Waals surface area contributed by atoms with Gasteiger partial charge in [0, 0.05) is 29.1 Å². The van der Waals surface area contributed by atoms with Gasteiger partial charge >= 0.3 is 0 Å². The summed E-state index contributed by atoms with van der Waals surface area (Å²) in [6.07, 6.45) is 7.27. The second-order valence-corrected chi connectivity index (χ2v) is 4.80. The maximum atomic E-state index is 6.14. The summed E-state index contributed by atoms with van der Waals surface area (Å²) < 4.78 is 1.90. The second kappa shape index (κ2) is 4.99. The smallest absolute Gasteiger partial charge is 0.131 e. The number of terminal acetylenes is 1. The number of rotatable bonds is 2. The van der Waals surface area contributed by atoms with E-state index in [1.807, 2.05) is 48.1 Å². The molecule has 3 rings (SSSR count). The lowest BCUT2D eigenvalue weighted by Crippen LogP contribution is -1.96. The summed E-state index contributed by atoms with van der Waals surface area (Å²) in [6, 6.07) is 9.55. The molecule has 0 spiro atoms. The van der Waals surface area contributed by atoms with Crippen LogP contribution in [0, 0.1) is 12.3 Å². The molecule has 0 unspecified atom stereocenters. The third kappa shape index (κ3) is 2.04. The zero-order valence-electron chi connectivity index (χ0n) is 11.0. The number of pyridine rings is 1. The van der Waals surface area contributed by atoms with E-state index in [1.54, 1.807) is 0 Å². The van der Waals surface area contributed by atoms with E-state index in [2.05, 4.69) is 16.0 Å². The van der Waals surface area contributed by atoms with E-state index >= 15 is 0 Å². The predicted molar refractivity (Wildman–Crippen MR) is 81.6 cm³/mol. The van der Waals surface area contributed by atoms with E-state index < -0.39 is 0 Å². The van der Waals surface area contributed by atoms with Gasteiger partial charge in [-0.3, -0.25) is 4.68 Å². The van der Waals surface area contributed by atoms with Crippen LogP contribution >= 0.6 is 11.6 Å². The van der Waals surface area contributed by atoms with E-state index in [0.29, 0.717) is 5.15 Å². The van der Waals surface area contributed by atoms with Crippen molar-refractivity contribution in [3.05, 3.63) is 47.2 Å². The molecule has 0 amide bonds. The highest BCUT2D eigenvalue weighted by molar-refractivity contribution is 6.30. The number of hydrogen-bond donors (Lipinski definition) is 0. The van der Waals surface area contributed by atoms with Crippen LogP contribution < -0.4 is 0 Å². The number of benzene rings is 1. The predicted octanol–water partition coefficient (Wildman–Crippen LogP) is 3.75. The van der Waals surface area contributed by atoms with Crippen LogP contribution in [0.5, 0.6) is 0 Å². The Hall–Kier alpha value is -2.31. The fourth-order valence-corrected chi connectivity index (χ4v) is 2.46. The number of aryl methyl sites for hydroxylation is 1. The Morgan fingerprint density at radius 3 is 2.95 bits per heavy atom. The van der Waals surface area contributed by atoms with Crippen molar-refractivity contribution < 1.29 is 0 Å². The second-order valence-electron chi connectivity index (χ2n) is 4.41. The van der Waals surface area contributed by atoms with Crippen molar-refractivity contribution >= 4 is 22.5 Å². The zero-order chi connectivity index (χ0) is 14.1. The van der Waals surface area contributed by atoms with Crippen LogP contribution in [-0.4, -0.2) is 14.8 Å². The number of aromatic nitrogens is 3. The minimum Gasteiger partial charge on any atom is -0.265 e. The zero-order valence-corrected chi connectivity index (χ0v) is 11.7.